The third kappa shape index (κ3) is 0.898. The Balaban J connectivity index is 2.39. The van der Waals surface area contributed by atoms with E-state index in [1.54, 1.807) is 0 Å². The fraction of sp³-hybridized carbons (Fsp3) is 0.444. The number of fused-ring (bicyclic) bond motifs is 1. The van der Waals surface area contributed by atoms with Gasteiger partial charge >= 0.3 is 0 Å². The zero-order valence-corrected chi connectivity index (χ0v) is 7.36. The highest BCUT2D eigenvalue weighted by atomic mass is 15.3. The number of nitrogens with zero attached hydrogens (tertiary/aromatic N) is 2. The van der Waals surface area contributed by atoms with Crippen LogP contribution >= 0.6 is 0 Å². The quantitative estimate of drug-likeness (QED) is 0.575. The minimum atomic E-state index is -0.450. The molecule has 3 heteroatoms. The number of nitrogens with two attached hydrogens (primary N) is 1. The molecule has 0 spiro atoms. The van der Waals surface area contributed by atoms with Crippen LogP contribution in [0, 0.1) is 0 Å². The topological polar surface area (TPSA) is 41.6 Å². The fourth-order valence-corrected chi connectivity index (χ4v) is 1.49. The number of aliphatic imine (C=N–C) groups is 1. The van der Waals surface area contributed by atoms with Gasteiger partial charge in [-0.1, -0.05) is 6.08 Å². The predicted octanol–water partition coefficient (Wildman–Crippen LogP) is 0.847. The first-order chi connectivity index (χ1) is 5.61. The zero-order chi connectivity index (χ0) is 8.77. The van der Waals surface area contributed by atoms with E-state index in [0.717, 1.165) is 5.84 Å². The minimum Gasteiger partial charge on any atom is -0.327 e. The van der Waals surface area contributed by atoms with Crippen LogP contribution < -0.4 is 5.73 Å². The Morgan fingerprint density at radius 3 is 3.00 bits per heavy atom. The normalized spacial score (nSPS) is 38.4. The van der Waals surface area contributed by atoms with E-state index < -0.39 is 5.66 Å². The molecule has 3 nitrogen and oxygen atoms in total. The Bertz CT molecular complexity index is 286. The van der Waals surface area contributed by atoms with Gasteiger partial charge in [-0.15, -0.1) is 0 Å². The van der Waals surface area contributed by atoms with Crippen molar-refractivity contribution in [3.8, 4) is 0 Å². The summed E-state index contributed by atoms with van der Waals surface area (Å²) in [5.74, 6) is 0.968. The molecule has 2 heterocycles. The van der Waals surface area contributed by atoms with E-state index in [2.05, 4.69) is 16.8 Å². The largest absolute Gasteiger partial charge is 0.327 e. The number of amidine groups is 1. The van der Waals surface area contributed by atoms with Gasteiger partial charge in [-0.3, -0.25) is 0 Å². The van der Waals surface area contributed by atoms with Crippen LogP contribution in [0.3, 0.4) is 0 Å². The molecular weight excluding hydrogens is 150 g/mol. The second-order valence-electron chi connectivity index (χ2n) is 3.48. The molecule has 0 amide bonds. The molecule has 12 heavy (non-hydrogen) atoms. The molecule has 0 aromatic carbocycles. The van der Waals surface area contributed by atoms with Gasteiger partial charge in [0.05, 0.1) is 6.04 Å². The third-order valence-corrected chi connectivity index (χ3v) is 2.49. The summed E-state index contributed by atoms with van der Waals surface area (Å²) in [6.45, 7) is 4.03. The average molecular weight is 163 g/mol. The van der Waals surface area contributed by atoms with Gasteiger partial charge in [0.15, 0.2) is 0 Å². The number of hydrogen-bond acceptors (Lipinski definition) is 3. The summed E-state index contributed by atoms with van der Waals surface area (Å²) in [6, 6.07) is 0.244. The Morgan fingerprint density at radius 2 is 2.33 bits per heavy atom. The van der Waals surface area contributed by atoms with Crippen molar-refractivity contribution < 1.29 is 0 Å². The number of hydrogen-bond donors (Lipinski definition) is 1. The van der Waals surface area contributed by atoms with E-state index in [4.69, 9.17) is 5.73 Å². The van der Waals surface area contributed by atoms with Crippen LogP contribution in [-0.4, -0.2) is 22.4 Å². The maximum Gasteiger partial charge on any atom is 0.130 e. The van der Waals surface area contributed by atoms with Crippen LogP contribution in [0.2, 0.25) is 0 Å². The molecule has 0 fully saturated rings. The number of allylic oxidation sites excluding steroid dienone is 2. The first-order valence-corrected chi connectivity index (χ1v) is 4.13. The summed E-state index contributed by atoms with van der Waals surface area (Å²) in [4.78, 5) is 6.50. The molecule has 0 saturated carbocycles. The Kier molecular flexibility index (Phi) is 1.38. The smallest absolute Gasteiger partial charge is 0.130 e. The Hall–Kier alpha value is -1.09. The van der Waals surface area contributed by atoms with E-state index >= 15 is 0 Å². The van der Waals surface area contributed by atoms with Crippen molar-refractivity contribution in [2.75, 3.05) is 0 Å². The summed E-state index contributed by atoms with van der Waals surface area (Å²) in [7, 11) is 0. The van der Waals surface area contributed by atoms with Crippen LogP contribution in [0.1, 0.15) is 13.8 Å². The standard InChI is InChI=1S/C9H13N3/c1-7-9(2,10)11-8-5-3-4-6-12(7)8/h3-7H,10H2,1-2H3. The molecule has 2 unspecified atom stereocenters. The molecule has 2 N–H and O–H groups in total. The Morgan fingerprint density at radius 1 is 1.58 bits per heavy atom. The summed E-state index contributed by atoms with van der Waals surface area (Å²) in [6.07, 6.45) is 7.97. The highest BCUT2D eigenvalue weighted by Gasteiger charge is 2.37. The van der Waals surface area contributed by atoms with E-state index in [1.165, 1.54) is 0 Å². The second-order valence-corrected chi connectivity index (χ2v) is 3.48. The van der Waals surface area contributed by atoms with E-state index in [9.17, 15) is 0 Å². The lowest BCUT2D eigenvalue weighted by atomic mass is 10.1. The summed E-state index contributed by atoms with van der Waals surface area (Å²) >= 11 is 0. The van der Waals surface area contributed by atoms with Crippen molar-refractivity contribution in [1.29, 1.82) is 0 Å². The van der Waals surface area contributed by atoms with Gasteiger partial charge in [-0.25, -0.2) is 4.99 Å². The van der Waals surface area contributed by atoms with Gasteiger partial charge < -0.3 is 10.6 Å². The van der Waals surface area contributed by atoms with Gasteiger partial charge in [-0.2, -0.15) is 0 Å². The minimum absolute atomic E-state index is 0.244. The fourth-order valence-electron chi connectivity index (χ4n) is 1.49. The second kappa shape index (κ2) is 2.20. The van der Waals surface area contributed by atoms with Crippen molar-refractivity contribution >= 4 is 5.84 Å². The third-order valence-electron chi connectivity index (χ3n) is 2.49. The van der Waals surface area contributed by atoms with Crippen LogP contribution in [-0.2, 0) is 0 Å². The molecule has 0 aliphatic carbocycles. The molecule has 0 aromatic heterocycles. The molecule has 2 atom stereocenters. The van der Waals surface area contributed by atoms with Gasteiger partial charge in [0, 0.05) is 6.20 Å². The maximum absolute atomic E-state index is 5.98. The molecule has 2 aliphatic rings. The lowest BCUT2D eigenvalue weighted by Gasteiger charge is -2.27. The summed E-state index contributed by atoms with van der Waals surface area (Å²) < 4.78 is 0. The predicted molar refractivity (Wildman–Crippen MR) is 49.6 cm³/mol. The van der Waals surface area contributed by atoms with E-state index in [0.29, 0.717) is 0 Å². The molecule has 0 radical (unpaired) electrons. The van der Waals surface area contributed by atoms with Gasteiger partial charge in [0.2, 0.25) is 0 Å². The highest BCUT2D eigenvalue weighted by Crippen LogP contribution is 2.25. The first kappa shape index (κ1) is 7.55. The highest BCUT2D eigenvalue weighted by molar-refractivity contribution is 5.97. The monoisotopic (exact) mass is 163 g/mol. The van der Waals surface area contributed by atoms with Crippen molar-refractivity contribution in [2.45, 2.75) is 25.6 Å². The molecule has 64 valence electrons. The molecular formula is C9H13N3. The van der Waals surface area contributed by atoms with Crippen LogP contribution in [0.15, 0.2) is 29.4 Å². The first-order valence-electron chi connectivity index (χ1n) is 4.13. The zero-order valence-electron chi connectivity index (χ0n) is 7.36. The van der Waals surface area contributed by atoms with Gasteiger partial charge in [-0.05, 0) is 26.0 Å². The van der Waals surface area contributed by atoms with Crippen molar-refractivity contribution in [2.24, 2.45) is 10.7 Å². The van der Waals surface area contributed by atoms with Gasteiger partial charge in [0.25, 0.3) is 0 Å². The molecule has 2 aliphatic heterocycles. The summed E-state index contributed by atoms with van der Waals surface area (Å²) in [5.41, 5.74) is 5.53. The van der Waals surface area contributed by atoms with Crippen LogP contribution in [0.4, 0.5) is 0 Å². The van der Waals surface area contributed by atoms with Crippen molar-refractivity contribution in [3.05, 3.63) is 24.4 Å². The van der Waals surface area contributed by atoms with Crippen molar-refractivity contribution in [1.82, 2.24) is 4.90 Å². The van der Waals surface area contributed by atoms with Crippen LogP contribution in [0.5, 0.6) is 0 Å². The molecule has 0 bridgehead atoms. The summed E-state index contributed by atoms with van der Waals surface area (Å²) in [5, 5.41) is 0. The number of rotatable bonds is 0. The van der Waals surface area contributed by atoms with E-state index in [1.807, 2.05) is 31.4 Å². The maximum atomic E-state index is 5.98. The van der Waals surface area contributed by atoms with Gasteiger partial charge in [0.1, 0.15) is 11.5 Å². The van der Waals surface area contributed by atoms with Crippen LogP contribution in [0.25, 0.3) is 0 Å². The molecule has 2 rings (SSSR count). The molecule has 0 saturated heterocycles. The molecule has 0 aromatic rings. The Labute approximate surface area is 72.3 Å². The average Bonchev–Trinajstić information content (AvgIpc) is 2.24. The van der Waals surface area contributed by atoms with Crippen molar-refractivity contribution in [3.63, 3.8) is 0 Å². The lowest BCUT2D eigenvalue weighted by Crippen LogP contribution is -2.47. The SMILES string of the molecule is CC1N2C=CC=CC2=NC1(C)N. The van der Waals surface area contributed by atoms with E-state index in [-0.39, 0.29) is 6.04 Å². The lowest BCUT2D eigenvalue weighted by molar-refractivity contribution is 0.320.